The SMILES string of the molecule is CCC(C)C(C)NC(=O)c1cc(Br)cnc1Cl. The molecule has 0 aliphatic heterocycles. The van der Waals surface area contributed by atoms with Gasteiger partial charge in [-0.1, -0.05) is 31.9 Å². The van der Waals surface area contributed by atoms with Crippen molar-refractivity contribution in [3.63, 3.8) is 0 Å². The van der Waals surface area contributed by atoms with Gasteiger partial charge in [0, 0.05) is 16.7 Å². The lowest BCUT2D eigenvalue weighted by Gasteiger charge is -2.20. The Balaban J connectivity index is 2.79. The molecule has 2 atom stereocenters. The van der Waals surface area contributed by atoms with Gasteiger partial charge in [-0.15, -0.1) is 0 Å². The summed E-state index contributed by atoms with van der Waals surface area (Å²) >= 11 is 9.17. The van der Waals surface area contributed by atoms with Gasteiger partial charge in [0.05, 0.1) is 5.56 Å². The third-order valence-corrected chi connectivity index (χ3v) is 3.64. The summed E-state index contributed by atoms with van der Waals surface area (Å²) < 4.78 is 0.739. The Bertz CT molecular complexity index is 411. The van der Waals surface area contributed by atoms with Crippen LogP contribution in [0.1, 0.15) is 37.6 Å². The van der Waals surface area contributed by atoms with E-state index < -0.39 is 0 Å². The summed E-state index contributed by atoms with van der Waals surface area (Å²) in [4.78, 5) is 15.9. The van der Waals surface area contributed by atoms with Gasteiger partial charge in [0.2, 0.25) is 0 Å². The molecule has 0 radical (unpaired) electrons. The second-order valence-electron chi connectivity index (χ2n) is 4.14. The average molecular weight is 320 g/mol. The highest BCUT2D eigenvalue weighted by molar-refractivity contribution is 9.10. The minimum Gasteiger partial charge on any atom is -0.349 e. The quantitative estimate of drug-likeness (QED) is 0.861. The summed E-state index contributed by atoms with van der Waals surface area (Å²) in [5, 5.41) is 3.15. The standard InChI is InChI=1S/C12H16BrClN2O/c1-4-7(2)8(3)16-12(17)10-5-9(13)6-15-11(10)14/h5-8H,4H2,1-3H3,(H,16,17). The van der Waals surface area contributed by atoms with Crippen molar-refractivity contribution >= 4 is 33.4 Å². The van der Waals surface area contributed by atoms with Crippen LogP contribution < -0.4 is 5.32 Å². The fourth-order valence-corrected chi connectivity index (χ4v) is 1.88. The third-order valence-electron chi connectivity index (χ3n) is 2.91. The molecule has 3 nitrogen and oxygen atoms in total. The van der Waals surface area contributed by atoms with Crippen molar-refractivity contribution in [2.75, 3.05) is 0 Å². The van der Waals surface area contributed by atoms with Crippen molar-refractivity contribution in [1.29, 1.82) is 0 Å². The molecule has 1 amide bonds. The molecule has 2 unspecified atom stereocenters. The van der Waals surface area contributed by atoms with Crippen LogP contribution >= 0.6 is 27.5 Å². The van der Waals surface area contributed by atoms with Crippen LogP contribution in [0.4, 0.5) is 0 Å². The first kappa shape index (κ1) is 14.5. The van der Waals surface area contributed by atoms with Gasteiger partial charge < -0.3 is 5.32 Å². The van der Waals surface area contributed by atoms with Gasteiger partial charge in [0.25, 0.3) is 5.91 Å². The fourth-order valence-electron chi connectivity index (χ4n) is 1.36. The van der Waals surface area contributed by atoms with Crippen LogP contribution in [0.15, 0.2) is 16.7 Å². The minimum atomic E-state index is -0.184. The molecule has 17 heavy (non-hydrogen) atoms. The molecule has 0 aliphatic rings. The molecule has 5 heteroatoms. The molecule has 94 valence electrons. The van der Waals surface area contributed by atoms with E-state index in [0.29, 0.717) is 11.5 Å². The van der Waals surface area contributed by atoms with Gasteiger partial charge in [-0.25, -0.2) is 4.98 Å². The first-order valence-electron chi connectivity index (χ1n) is 5.57. The van der Waals surface area contributed by atoms with Crippen molar-refractivity contribution < 1.29 is 4.79 Å². The Morgan fingerprint density at radius 3 is 2.82 bits per heavy atom. The highest BCUT2D eigenvalue weighted by Crippen LogP contribution is 2.18. The maximum atomic E-state index is 12.0. The van der Waals surface area contributed by atoms with E-state index in [0.717, 1.165) is 10.9 Å². The molecule has 0 fully saturated rings. The summed E-state index contributed by atoms with van der Waals surface area (Å²) in [5.41, 5.74) is 0.399. The lowest BCUT2D eigenvalue weighted by Crippen LogP contribution is -2.37. The van der Waals surface area contributed by atoms with Gasteiger partial charge in [-0.3, -0.25) is 4.79 Å². The molecule has 0 aliphatic carbocycles. The second kappa shape index (κ2) is 6.36. The summed E-state index contributed by atoms with van der Waals surface area (Å²) in [6.07, 6.45) is 2.59. The molecule has 0 bridgehead atoms. The summed E-state index contributed by atoms with van der Waals surface area (Å²) in [7, 11) is 0. The zero-order chi connectivity index (χ0) is 13.0. The number of halogens is 2. The van der Waals surface area contributed by atoms with Crippen molar-refractivity contribution in [1.82, 2.24) is 10.3 Å². The van der Waals surface area contributed by atoms with E-state index >= 15 is 0 Å². The number of rotatable bonds is 4. The molecule has 1 aromatic rings. The second-order valence-corrected chi connectivity index (χ2v) is 5.41. The summed E-state index contributed by atoms with van der Waals surface area (Å²) in [5.74, 6) is 0.245. The Morgan fingerprint density at radius 1 is 1.59 bits per heavy atom. The molecular formula is C12H16BrClN2O. The highest BCUT2D eigenvalue weighted by atomic mass is 79.9. The van der Waals surface area contributed by atoms with Crippen LogP contribution in [-0.4, -0.2) is 16.9 Å². The molecule has 1 rings (SSSR count). The van der Waals surface area contributed by atoms with Crippen LogP contribution in [0.3, 0.4) is 0 Å². The van der Waals surface area contributed by atoms with Gasteiger partial charge in [-0.2, -0.15) is 0 Å². The first-order chi connectivity index (χ1) is 7.95. The number of pyridine rings is 1. The number of aromatic nitrogens is 1. The monoisotopic (exact) mass is 318 g/mol. The molecule has 0 aromatic carbocycles. The van der Waals surface area contributed by atoms with Gasteiger partial charge in [0.15, 0.2) is 0 Å². The number of carbonyl (C=O) groups excluding carboxylic acids is 1. The zero-order valence-corrected chi connectivity index (χ0v) is 12.5. The van der Waals surface area contributed by atoms with Gasteiger partial charge >= 0.3 is 0 Å². The average Bonchev–Trinajstić information content (AvgIpc) is 2.30. The van der Waals surface area contributed by atoms with Gasteiger partial charge in [0.1, 0.15) is 5.15 Å². The van der Waals surface area contributed by atoms with E-state index in [4.69, 9.17) is 11.6 Å². The van der Waals surface area contributed by atoms with Crippen molar-refractivity contribution in [3.05, 3.63) is 27.5 Å². The van der Waals surface area contributed by atoms with Crippen LogP contribution in [0.2, 0.25) is 5.15 Å². The van der Waals surface area contributed by atoms with E-state index in [-0.39, 0.29) is 17.1 Å². The predicted molar refractivity (Wildman–Crippen MR) is 73.3 cm³/mol. The van der Waals surface area contributed by atoms with Crippen molar-refractivity contribution in [2.24, 2.45) is 5.92 Å². The highest BCUT2D eigenvalue weighted by Gasteiger charge is 2.17. The largest absolute Gasteiger partial charge is 0.349 e. The molecule has 0 saturated heterocycles. The van der Waals surface area contributed by atoms with E-state index in [2.05, 4.69) is 40.1 Å². The number of carbonyl (C=O) groups is 1. The summed E-state index contributed by atoms with van der Waals surface area (Å²) in [6, 6.07) is 1.79. The van der Waals surface area contributed by atoms with Crippen molar-refractivity contribution in [2.45, 2.75) is 33.2 Å². The number of nitrogens with zero attached hydrogens (tertiary/aromatic N) is 1. The predicted octanol–water partition coefficient (Wildman–Crippen LogP) is 3.66. The van der Waals surface area contributed by atoms with Crippen molar-refractivity contribution in [3.8, 4) is 0 Å². The van der Waals surface area contributed by atoms with Crippen LogP contribution in [0.25, 0.3) is 0 Å². The summed E-state index contributed by atoms with van der Waals surface area (Å²) in [6.45, 7) is 6.19. The normalized spacial score (nSPS) is 14.2. The van der Waals surface area contributed by atoms with Crippen LogP contribution in [-0.2, 0) is 0 Å². The molecule has 1 aromatic heterocycles. The Hall–Kier alpha value is -0.610. The molecule has 0 spiro atoms. The molecule has 1 heterocycles. The van der Waals surface area contributed by atoms with Gasteiger partial charge in [-0.05, 0) is 34.8 Å². The first-order valence-corrected chi connectivity index (χ1v) is 6.74. The molecule has 0 saturated carbocycles. The van der Waals surface area contributed by atoms with E-state index in [1.54, 1.807) is 12.3 Å². The van der Waals surface area contributed by atoms with Crippen LogP contribution in [0, 0.1) is 5.92 Å². The topological polar surface area (TPSA) is 42.0 Å². The number of hydrogen-bond donors (Lipinski definition) is 1. The fraction of sp³-hybridized carbons (Fsp3) is 0.500. The zero-order valence-electron chi connectivity index (χ0n) is 10.1. The Morgan fingerprint density at radius 2 is 2.24 bits per heavy atom. The maximum Gasteiger partial charge on any atom is 0.254 e. The number of amides is 1. The van der Waals surface area contributed by atoms with E-state index in [1.165, 1.54) is 0 Å². The lowest BCUT2D eigenvalue weighted by molar-refractivity contribution is 0.0928. The van der Waals surface area contributed by atoms with Crippen LogP contribution in [0.5, 0.6) is 0 Å². The minimum absolute atomic E-state index is 0.113. The Kier molecular flexibility index (Phi) is 5.40. The third kappa shape index (κ3) is 3.96. The Labute approximate surface area is 115 Å². The lowest BCUT2D eigenvalue weighted by atomic mass is 10.0. The molecule has 1 N–H and O–H groups in total. The van der Waals surface area contributed by atoms with E-state index in [1.807, 2.05) is 6.92 Å². The smallest absolute Gasteiger partial charge is 0.254 e. The van der Waals surface area contributed by atoms with E-state index in [9.17, 15) is 4.79 Å². The maximum absolute atomic E-state index is 12.0. The number of hydrogen-bond acceptors (Lipinski definition) is 2. The molecular weight excluding hydrogens is 304 g/mol. The number of nitrogens with one attached hydrogen (secondary N) is 1.